The summed E-state index contributed by atoms with van der Waals surface area (Å²) in [6.07, 6.45) is 6.25. The minimum atomic E-state index is -0.628. The van der Waals surface area contributed by atoms with E-state index in [0.717, 1.165) is 18.8 Å². The zero-order chi connectivity index (χ0) is 11.9. The molecule has 1 saturated carbocycles. The summed E-state index contributed by atoms with van der Waals surface area (Å²) in [6, 6.07) is 0.991. The second kappa shape index (κ2) is 4.15. The number of nitrogens with zero attached hydrogens (tertiary/aromatic N) is 1. The number of hydrogen-bond acceptors (Lipinski definition) is 2. The summed E-state index contributed by atoms with van der Waals surface area (Å²) in [5, 5.41) is 10.7. The summed E-state index contributed by atoms with van der Waals surface area (Å²) < 4.78 is 0. The van der Waals surface area contributed by atoms with Crippen LogP contribution in [0.5, 0.6) is 0 Å². The molecule has 2 nitrogen and oxygen atoms in total. The molecule has 5 unspecified atom stereocenters. The molecule has 0 amide bonds. The lowest BCUT2D eigenvalue weighted by atomic mass is 9.65. The summed E-state index contributed by atoms with van der Waals surface area (Å²) >= 11 is 0. The highest BCUT2D eigenvalue weighted by molar-refractivity contribution is 5.10. The fraction of sp³-hybridized carbons (Fsp3) is 0.857. The van der Waals surface area contributed by atoms with Crippen LogP contribution in [0, 0.1) is 11.8 Å². The molecule has 1 aliphatic carbocycles. The highest BCUT2D eigenvalue weighted by atomic mass is 16.3. The van der Waals surface area contributed by atoms with Crippen LogP contribution in [0.15, 0.2) is 12.7 Å². The number of rotatable bonds is 1. The molecule has 0 spiro atoms. The fourth-order valence-corrected chi connectivity index (χ4v) is 3.71. The molecule has 5 atom stereocenters. The van der Waals surface area contributed by atoms with Crippen molar-refractivity contribution in [3.63, 3.8) is 0 Å². The highest BCUT2D eigenvalue weighted by Crippen LogP contribution is 2.44. The molecule has 1 N–H and O–H groups in total. The van der Waals surface area contributed by atoms with Gasteiger partial charge in [-0.3, -0.25) is 0 Å². The average Bonchev–Trinajstić information content (AvgIpc) is 2.26. The molecule has 0 aromatic rings. The number of fused-ring (bicyclic) bond motifs is 1. The van der Waals surface area contributed by atoms with Gasteiger partial charge < -0.3 is 10.0 Å². The van der Waals surface area contributed by atoms with Crippen molar-refractivity contribution in [1.29, 1.82) is 0 Å². The van der Waals surface area contributed by atoms with Crippen LogP contribution in [-0.4, -0.2) is 34.7 Å². The lowest BCUT2D eigenvalue weighted by Crippen LogP contribution is -2.60. The molecule has 2 heteroatoms. The molecule has 16 heavy (non-hydrogen) atoms. The molecule has 0 radical (unpaired) electrons. The van der Waals surface area contributed by atoms with E-state index in [9.17, 15) is 5.11 Å². The summed E-state index contributed by atoms with van der Waals surface area (Å²) in [7, 11) is 2.21. The molecule has 2 fully saturated rings. The number of hydrogen-bond donors (Lipinski definition) is 1. The Kier molecular flexibility index (Phi) is 3.15. The number of aliphatic hydroxyl groups is 1. The molecule has 1 heterocycles. The van der Waals surface area contributed by atoms with Gasteiger partial charge in [-0.05, 0) is 39.2 Å². The average molecular weight is 223 g/mol. The first-order chi connectivity index (χ1) is 7.48. The van der Waals surface area contributed by atoms with E-state index in [1.807, 2.05) is 0 Å². The molecule has 92 valence electrons. The standard InChI is InChI=1S/C14H25NO/c1-5-14(16)9-11(3)15(4)13-8-10(2)6-7-12(13)14/h5,10-13,16H,1,6-9H2,2-4H3. The second-order valence-electron chi connectivity index (χ2n) is 6.01. The van der Waals surface area contributed by atoms with E-state index in [4.69, 9.17) is 0 Å². The third-order valence-corrected chi connectivity index (χ3v) is 4.92. The van der Waals surface area contributed by atoms with Gasteiger partial charge in [0.2, 0.25) is 0 Å². The van der Waals surface area contributed by atoms with Crippen LogP contribution in [-0.2, 0) is 0 Å². The Bertz CT molecular complexity index is 278. The van der Waals surface area contributed by atoms with E-state index < -0.39 is 5.60 Å². The van der Waals surface area contributed by atoms with Crippen LogP contribution in [0.4, 0.5) is 0 Å². The van der Waals surface area contributed by atoms with Gasteiger partial charge in [-0.25, -0.2) is 0 Å². The topological polar surface area (TPSA) is 23.5 Å². The first-order valence-electron chi connectivity index (χ1n) is 6.56. The van der Waals surface area contributed by atoms with E-state index in [1.54, 1.807) is 6.08 Å². The fourth-order valence-electron chi connectivity index (χ4n) is 3.71. The van der Waals surface area contributed by atoms with Crippen LogP contribution < -0.4 is 0 Å². The van der Waals surface area contributed by atoms with Crippen molar-refractivity contribution in [1.82, 2.24) is 4.90 Å². The van der Waals surface area contributed by atoms with Gasteiger partial charge in [-0.1, -0.05) is 19.4 Å². The molecule has 1 aliphatic heterocycles. The van der Waals surface area contributed by atoms with Gasteiger partial charge in [-0.2, -0.15) is 0 Å². The number of likely N-dealkylation sites (tertiary alicyclic amines) is 1. The van der Waals surface area contributed by atoms with E-state index in [1.165, 1.54) is 12.8 Å². The van der Waals surface area contributed by atoms with Crippen molar-refractivity contribution in [2.24, 2.45) is 11.8 Å². The van der Waals surface area contributed by atoms with Crippen molar-refractivity contribution in [3.05, 3.63) is 12.7 Å². The Hall–Kier alpha value is -0.340. The van der Waals surface area contributed by atoms with Crippen molar-refractivity contribution >= 4 is 0 Å². The molecule has 2 aliphatic rings. The largest absolute Gasteiger partial charge is 0.385 e. The summed E-state index contributed by atoms with van der Waals surface area (Å²) in [5.41, 5.74) is -0.628. The molecule has 0 aromatic heterocycles. The van der Waals surface area contributed by atoms with Crippen LogP contribution in [0.1, 0.15) is 39.5 Å². The van der Waals surface area contributed by atoms with Crippen molar-refractivity contribution in [2.75, 3.05) is 7.05 Å². The Morgan fingerprint density at radius 1 is 1.38 bits per heavy atom. The van der Waals surface area contributed by atoms with E-state index >= 15 is 0 Å². The summed E-state index contributed by atoms with van der Waals surface area (Å²) in [6.45, 7) is 8.40. The van der Waals surface area contributed by atoms with Gasteiger partial charge >= 0.3 is 0 Å². The molecule has 2 rings (SSSR count). The minimum absolute atomic E-state index is 0.391. The smallest absolute Gasteiger partial charge is 0.0882 e. The van der Waals surface area contributed by atoms with E-state index in [-0.39, 0.29) is 0 Å². The first-order valence-corrected chi connectivity index (χ1v) is 6.56. The molecular formula is C14H25NO. The third kappa shape index (κ3) is 1.82. The molecule has 1 saturated heterocycles. The lowest BCUT2D eigenvalue weighted by Gasteiger charge is -2.54. The summed E-state index contributed by atoms with van der Waals surface area (Å²) in [5.74, 6) is 1.19. The van der Waals surface area contributed by atoms with Gasteiger partial charge in [-0.15, -0.1) is 6.58 Å². The lowest BCUT2D eigenvalue weighted by molar-refractivity contribution is -0.103. The SMILES string of the molecule is C=CC1(O)CC(C)N(C)C2CC(C)CCC21. The van der Waals surface area contributed by atoms with Gasteiger partial charge in [0.15, 0.2) is 0 Å². The summed E-state index contributed by atoms with van der Waals surface area (Å²) in [4.78, 5) is 2.47. The van der Waals surface area contributed by atoms with Crippen LogP contribution in [0.2, 0.25) is 0 Å². The van der Waals surface area contributed by atoms with Crippen LogP contribution in [0.3, 0.4) is 0 Å². The van der Waals surface area contributed by atoms with Crippen molar-refractivity contribution in [2.45, 2.75) is 57.2 Å². The zero-order valence-electron chi connectivity index (χ0n) is 10.8. The molecule has 0 bridgehead atoms. The molecule has 0 aromatic carbocycles. The van der Waals surface area contributed by atoms with Gasteiger partial charge in [0.05, 0.1) is 5.60 Å². The monoisotopic (exact) mass is 223 g/mol. The van der Waals surface area contributed by atoms with Crippen molar-refractivity contribution < 1.29 is 5.11 Å². The highest BCUT2D eigenvalue weighted by Gasteiger charge is 2.48. The second-order valence-corrected chi connectivity index (χ2v) is 6.01. The predicted octanol–water partition coefficient (Wildman–Crippen LogP) is 2.43. The number of piperidine rings is 1. The quantitative estimate of drug-likeness (QED) is 0.690. The molecular weight excluding hydrogens is 198 g/mol. The Morgan fingerprint density at radius 3 is 2.69 bits per heavy atom. The first kappa shape index (κ1) is 12.1. The Labute approximate surface area is 99.3 Å². The van der Waals surface area contributed by atoms with Crippen LogP contribution in [0.25, 0.3) is 0 Å². The Morgan fingerprint density at radius 2 is 2.06 bits per heavy atom. The predicted molar refractivity (Wildman–Crippen MR) is 67.3 cm³/mol. The normalized spacial score (nSPS) is 49.8. The zero-order valence-corrected chi connectivity index (χ0v) is 10.8. The Balaban J connectivity index is 2.25. The minimum Gasteiger partial charge on any atom is -0.385 e. The van der Waals surface area contributed by atoms with Crippen LogP contribution >= 0.6 is 0 Å². The van der Waals surface area contributed by atoms with E-state index in [0.29, 0.717) is 18.0 Å². The van der Waals surface area contributed by atoms with Gasteiger partial charge in [0.25, 0.3) is 0 Å². The maximum atomic E-state index is 10.7. The maximum Gasteiger partial charge on any atom is 0.0882 e. The maximum absolute atomic E-state index is 10.7. The third-order valence-electron chi connectivity index (χ3n) is 4.92. The van der Waals surface area contributed by atoms with Crippen molar-refractivity contribution in [3.8, 4) is 0 Å². The van der Waals surface area contributed by atoms with Gasteiger partial charge in [0.1, 0.15) is 0 Å². The van der Waals surface area contributed by atoms with Gasteiger partial charge in [0, 0.05) is 18.0 Å². The van der Waals surface area contributed by atoms with E-state index in [2.05, 4.69) is 32.4 Å².